The summed E-state index contributed by atoms with van der Waals surface area (Å²) in [6.07, 6.45) is 0.752. The minimum Gasteiger partial charge on any atom is -0.399 e. The summed E-state index contributed by atoms with van der Waals surface area (Å²) in [7, 11) is -3.65. The lowest BCUT2D eigenvalue weighted by molar-refractivity contribution is 0.600. The number of hydrogen-bond donors (Lipinski definition) is 2. The Morgan fingerprint density at radius 1 is 1.20 bits per heavy atom. The van der Waals surface area contributed by atoms with Crippen molar-refractivity contribution < 1.29 is 8.42 Å². The predicted octanol–water partition coefficient (Wildman–Crippen LogP) is 3.39. The van der Waals surface area contributed by atoms with Crippen LogP contribution in [-0.2, 0) is 16.4 Å². The van der Waals surface area contributed by atoms with Crippen LogP contribution >= 0.6 is 15.9 Å². The van der Waals surface area contributed by atoms with Crippen molar-refractivity contribution in [2.45, 2.75) is 18.2 Å². The second-order valence-electron chi connectivity index (χ2n) is 4.31. The lowest BCUT2D eigenvalue weighted by Crippen LogP contribution is -2.14. The van der Waals surface area contributed by atoms with Gasteiger partial charge in [-0.1, -0.05) is 25.1 Å². The molecule has 0 aromatic heterocycles. The monoisotopic (exact) mass is 354 g/mol. The number of nitrogen functional groups attached to an aromatic ring is 1. The van der Waals surface area contributed by atoms with Crippen LogP contribution in [0, 0.1) is 0 Å². The molecule has 0 radical (unpaired) electrons. The number of hydrogen-bond acceptors (Lipinski definition) is 3. The Bertz CT molecular complexity index is 730. The van der Waals surface area contributed by atoms with Gasteiger partial charge in [0.1, 0.15) is 4.90 Å². The van der Waals surface area contributed by atoms with Gasteiger partial charge >= 0.3 is 0 Å². The first-order valence-corrected chi connectivity index (χ1v) is 8.37. The van der Waals surface area contributed by atoms with E-state index in [4.69, 9.17) is 5.73 Å². The molecule has 0 fully saturated rings. The molecule has 0 aliphatic heterocycles. The summed E-state index contributed by atoms with van der Waals surface area (Å²) in [5, 5.41) is 0. The van der Waals surface area contributed by atoms with E-state index in [9.17, 15) is 8.42 Å². The van der Waals surface area contributed by atoms with Crippen molar-refractivity contribution in [2.75, 3.05) is 10.5 Å². The number of halogens is 1. The molecule has 2 rings (SSSR count). The lowest BCUT2D eigenvalue weighted by atomic mass is 10.1. The number of nitrogens with one attached hydrogen (secondary N) is 1. The molecule has 0 aliphatic rings. The zero-order valence-electron chi connectivity index (χ0n) is 10.9. The van der Waals surface area contributed by atoms with E-state index >= 15 is 0 Å². The van der Waals surface area contributed by atoms with E-state index in [1.165, 1.54) is 6.07 Å². The van der Waals surface area contributed by atoms with Crippen LogP contribution in [0.25, 0.3) is 0 Å². The van der Waals surface area contributed by atoms with Crippen LogP contribution < -0.4 is 10.5 Å². The molecule has 0 aliphatic carbocycles. The smallest absolute Gasteiger partial charge is 0.263 e. The molecule has 0 saturated carbocycles. The molecule has 20 heavy (non-hydrogen) atoms. The van der Waals surface area contributed by atoms with Crippen molar-refractivity contribution in [1.29, 1.82) is 0 Å². The molecule has 2 aromatic rings. The third kappa shape index (κ3) is 3.13. The van der Waals surface area contributed by atoms with Crippen molar-refractivity contribution in [3.8, 4) is 0 Å². The molecule has 106 valence electrons. The minimum absolute atomic E-state index is 0.164. The van der Waals surface area contributed by atoms with Gasteiger partial charge in [-0.2, -0.15) is 0 Å². The summed E-state index contributed by atoms with van der Waals surface area (Å²) in [5.74, 6) is 0. The summed E-state index contributed by atoms with van der Waals surface area (Å²) in [6, 6.07) is 11.9. The SMILES string of the molecule is CCc1ccccc1NS(=O)(=O)c1ccc(N)cc1Br. The second kappa shape index (κ2) is 5.85. The van der Waals surface area contributed by atoms with E-state index in [0.29, 0.717) is 15.8 Å². The fourth-order valence-corrected chi connectivity index (χ4v) is 4.06. The van der Waals surface area contributed by atoms with Gasteiger partial charge in [0.15, 0.2) is 0 Å². The molecular formula is C14H15BrN2O2S. The molecule has 3 N–H and O–H groups in total. The first-order valence-electron chi connectivity index (χ1n) is 6.10. The van der Waals surface area contributed by atoms with Crippen molar-refractivity contribution in [1.82, 2.24) is 0 Å². The number of sulfonamides is 1. The van der Waals surface area contributed by atoms with E-state index in [1.807, 2.05) is 19.1 Å². The molecule has 0 amide bonds. The van der Waals surface area contributed by atoms with E-state index in [1.54, 1.807) is 24.3 Å². The number of nitrogens with two attached hydrogens (primary N) is 1. The van der Waals surface area contributed by atoms with Crippen molar-refractivity contribution in [3.63, 3.8) is 0 Å². The lowest BCUT2D eigenvalue weighted by Gasteiger charge is -2.12. The van der Waals surface area contributed by atoms with Gasteiger partial charge in [-0.3, -0.25) is 4.72 Å². The molecule has 0 unspecified atom stereocenters. The van der Waals surface area contributed by atoms with Crippen LogP contribution in [-0.4, -0.2) is 8.42 Å². The molecule has 0 atom stereocenters. The average molecular weight is 355 g/mol. The summed E-state index contributed by atoms with van der Waals surface area (Å²) in [5.41, 5.74) is 7.67. The Morgan fingerprint density at radius 2 is 1.90 bits per heavy atom. The molecular weight excluding hydrogens is 340 g/mol. The van der Waals surface area contributed by atoms with Crippen molar-refractivity contribution in [2.24, 2.45) is 0 Å². The quantitative estimate of drug-likeness (QED) is 0.826. The molecule has 0 heterocycles. The van der Waals surface area contributed by atoms with Crippen LogP contribution in [0.4, 0.5) is 11.4 Å². The molecule has 0 saturated heterocycles. The van der Waals surface area contributed by atoms with E-state index in [2.05, 4.69) is 20.7 Å². The third-order valence-electron chi connectivity index (χ3n) is 2.89. The Balaban J connectivity index is 2.41. The Morgan fingerprint density at radius 3 is 2.55 bits per heavy atom. The number of anilines is 2. The fourth-order valence-electron chi connectivity index (χ4n) is 1.86. The standard InChI is InChI=1S/C14H15BrN2O2S/c1-2-10-5-3-4-6-13(10)17-20(18,19)14-8-7-11(16)9-12(14)15/h3-9,17H,2,16H2,1H3. The minimum atomic E-state index is -3.65. The Hall–Kier alpha value is -1.53. The highest BCUT2D eigenvalue weighted by Gasteiger charge is 2.18. The van der Waals surface area contributed by atoms with Gasteiger partial charge in [0.25, 0.3) is 10.0 Å². The number of aryl methyl sites for hydroxylation is 1. The topological polar surface area (TPSA) is 72.2 Å². The van der Waals surface area contributed by atoms with Crippen molar-refractivity contribution in [3.05, 3.63) is 52.5 Å². The van der Waals surface area contributed by atoms with Crippen LogP contribution in [0.2, 0.25) is 0 Å². The number of para-hydroxylation sites is 1. The molecule has 4 nitrogen and oxygen atoms in total. The molecule has 0 bridgehead atoms. The summed E-state index contributed by atoms with van der Waals surface area (Å²) >= 11 is 3.23. The van der Waals surface area contributed by atoms with Gasteiger partial charge in [-0.05, 0) is 52.2 Å². The molecule has 0 spiro atoms. The van der Waals surface area contributed by atoms with Crippen LogP contribution in [0.1, 0.15) is 12.5 Å². The first-order chi connectivity index (χ1) is 9.44. The molecule has 6 heteroatoms. The maximum atomic E-state index is 12.4. The Labute approximate surface area is 127 Å². The van der Waals surface area contributed by atoms with E-state index < -0.39 is 10.0 Å². The van der Waals surface area contributed by atoms with Gasteiger partial charge in [0, 0.05) is 10.2 Å². The zero-order chi connectivity index (χ0) is 14.8. The number of benzene rings is 2. The third-order valence-corrected chi connectivity index (χ3v) is 5.23. The van der Waals surface area contributed by atoms with Gasteiger partial charge < -0.3 is 5.73 Å². The Kier molecular flexibility index (Phi) is 4.35. The average Bonchev–Trinajstić information content (AvgIpc) is 2.38. The zero-order valence-corrected chi connectivity index (χ0v) is 13.3. The van der Waals surface area contributed by atoms with Gasteiger partial charge in [-0.25, -0.2) is 8.42 Å². The summed E-state index contributed by atoms with van der Waals surface area (Å²) < 4.78 is 27.9. The van der Waals surface area contributed by atoms with Gasteiger partial charge in [-0.15, -0.1) is 0 Å². The van der Waals surface area contributed by atoms with Crippen LogP contribution in [0.3, 0.4) is 0 Å². The van der Waals surface area contributed by atoms with Crippen LogP contribution in [0.5, 0.6) is 0 Å². The maximum Gasteiger partial charge on any atom is 0.263 e. The van der Waals surface area contributed by atoms with E-state index in [0.717, 1.165) is 12.0 Å². The predicted molar refractivity (Wildman–Crippen MR) is 85.2 cm³/mol. The normalized spacial score (nSPS) is 11.3. The highest BCUT2D eigenvalue weighted by molar-refractivity contribution is 9.10. The van der Waals surface area contributed by atoms with Crippen molar-refractivity contribution >= 4 is 37.3 Å². The first kappa shape index (κ1) is 14.9. The highest BCUT2D eigenvalue weighted by Crippen LogP contribution is 2.27. The highest BCUT2D eigenvalue weighted by atomic mass is 79.9. The molecule has 2 aromatic carbocycles. The fraction of sp³-hybridized carbons (Fsp3) is 0.143. The summed E-state index contributed by atoms with van der Waals surface area (Å²) in [4.78, 5) is 0.164. The largest absolute Gasteiger partial charge is 0.399 e. The maximum absolute atomic E-state index is 12.4. The van der Waals surface area contributed by atoms with Crippen LogP contribution in [0.15, 0.2) is 51.8 Å². The van der Waals surface area contributed by atoms with Gasteiger partial charge in [0.05, 0.1) is 5.69 Å². The van der Waals surface area contributed by atoms with E-state index in [-0.39, 0.29) is 4.90 Å². The number of rotatable bonds is 4. The van der Waals surface area contributed by atoms with Gasteiger partial charge in [0.2, 0.25) is 0 Å². The summed E-state index contributed by atoms with van der Waals surface area (Å²) in [6.45, 7) is 1.98. The second-order valence-corrected chi connectivity index (χ2v) is 6.81.